The summed E-state index contributed by atoms with van der Waals surface area (Å²) >= 11 is 0. The van der Waals surface area contributed by atoms with E-state index in [9.17, 15) is 4.79 Å². The lowest BCUT2D eigenvalue weighted by atomic mass is 9.92. The molecule has 1 aliphatic heterocycles. The molecule has 5 rings (SSSR count). The minimum Gasteiger partial charge on any atom is -0.463 e. The maximum Gasteiger partial charge on any atom is 0.213 e. The number of benzene rings is 3. The highest BCUT2D eigenvalue weighted by Gasteiger charge is 2.37. The number of carbonyl (C=O) groups is 1. The second kappa shape index (κ2) is 6.82. The van der Waals surface area contributed by atoms with E-state index in [2.05, 4.69) is 4.98 Å². The lowest BCUT2D eigenvalue weighted by Crippen LogP contribution is -2.39. The molecule has 0 saturated carbocycles. The first-order valence-electron chi connectivity index (χ1n) is 9.24. The molecule has 1 aromatic heterocycles. The molecule has 0 fully saturated rings. The first-order chi connectivity index (χ1) is 13.9. The highest BCUT2D eigenvalue weighted by molar-refractivity contribution is 5.86. The number of aromatic nitrogens is 1. The maximum atomic E-state index is 12.2. The van der Waals surface area contributed by atoms with E-state index in [0.717, 1.165) is 39.8 Å². The predicted molar refractivity (Wildman–Crippen MR) is 108 cm³/mol. The van der Waals surface area contributed by atoms with E-state index in [0.29, 0.717) is 0 Å². The van der Waals surface area contributed by atoms with Crippen LogP contribution in [0.15, 0.2) is 91.1 Å². The highest BCUT2D eigenvalue weighted by atomic mass is 16.5. The van der Waals surface area contributed by atoms with Crippen LogP contribution in [0.2, 0.25) is 0 Å². The largest absolute Gasteiger partial charge is 0.463 e. The average molecular weight is 366 g/mol. The van der Waals surface area contributed by atoms with Crippen molar-refractivity contribution in [2.45, 2.75) is 12.3 Å². The SMILES string of the molecule is O=CN1[C@@H](c2ccccc2)c2ccc3cccnc3c2O[C@H]1c1ccccc1. The lowest BCUT2D eigenvalue weighted by Gasteiger charge is -2.41. The Labute approximate surface area is 163 Å². The summed E-state index contributed by atoms with van der Waals surface area (Å²) < 4.78 is 6.42. The number of fused-ring (bicyclic) bond motifs is 3. The van der Waals surface area contributed by atoms with Crippen LogP contribution in [-0.4, -0.2) is 16.3 Å². The third-order valence-electron chi connectivity index (χ3n) is 5.17. The van der Waals surface area contributed by atoms with Gasteiger partial charge in [-0.15, -0.1) is 0 Å². The molecule has 0 unspecified atom stereocenters. The molecule has 1 amide bonds. The third-order valence-corrected chi connectivity index (χ3v) is 5.17. The Kier molecular flexibility index (Phi) is 4.02. The summed E-state index contributed by atoms with van der Waals surface area (Å²) in [4.78, 5) is 18.5. The first kappa shape index (κ1) is 16.5. The van der Waals surface area contributed by atoms with Gasteiger partial charge in [-0.3, -0.25) is 14.7 Å². The van der Waals surface area contributed by atoms with Gasteiger partial charge in [-0.05, 0) is 11.6 Å². The second-order valence-corrected chi connectivity index (χ2v) is 6.81. The molecule has 0 radical (unpaired) electrons. The Hall–Kier alpha value is -3.66. The quantitative estimate of drug-likeness (QED) is 0.486. The van der Waals surface area contributed by atoms with Gasteiger partial charge in [-0.1, -0.05) is 78.9 Å². The Morgan fingerprint density at radius 2 is 1.54 bits per heavy atom. The van der Waals surface area contributed by atoms with Gasteiger partial charge in [-0.2, -0.15) is 0 Å². The molecular weight excluding hydrogens is 348 g/mol. The van der Waals surface area contributed by atoms with Crippen LogP contribution in [0, 0.1) is 0 Å². The zero-order chi connectivity index (χ0) is 18.9. The van der Waals surface area contributed by atoms with Crippen molar-refractivity contribution in [3.8, 4) is 5.75 Å². The summed E-state index contributed by atoms with van der Waals surface area (Å²) in [5.74, 6) is 0.735. The molecule has 0 aliphatic carbocycles. The molecule has 136 valence electrons. The smallest absolute Gasteiger partial charge is 0.213 e. The number of ether oxygens (including phenoxy) is 1. The summed E-state index contributed by atoms with van der Waals surface area (Å²) in [7, 11) is 0. The molecule has 0 spiro atoms. The summed E-state index contributed by atoms with van der Waals surface area (Å²) in [5, 5.41) is 1.01. The van der Waals surface area contributed by atoms with Crippen molar-refractivity contribution in [1.29, 1.82) is 0 Å². The maximum absolute atomic E-state index is 12.2. The average Bonchev–Trinajstić information content (AvgIpc) is 2.78. The second-order valence-electron chi connectivity index (χ2n) is 6.81. The fourth-order valence-corrected chi connectivity index (χ4v) is 3.90. The van der Waals surface area contributed by atoms with E-state index in [4.69, 9.17) is 4.74 Å². The number of carbonyl (C=O) groups excluding carboxylic acids is 1. The number of amides is 1. The molecule has 28 heavy (non-hydrogen) atoms. The number of rotatable bonds is 3. The highest BCUT2D eigenvalue weighted by Crippen LogP contribution is 2.46. The van der Waals surface area contributed by atoms with Gasteiger partial charge < -0.3 is 4.74 Å². The van der Waals surface area contributed by atoms with Crippen molar-refractivity contribution < 1.29 is 9.53 Å². The Balaban J connectivity index is 1.77. The molecule has 2 heterocycles. The number of hydrogen-bond donors (Lipinski definition) is 0. The molecule has 0 bridgehead atoms. The Morgan fingerprint density at radius 1 is 0.821 bits per heavy atom. The van der Waals surface area contributed by atoms with Gasteiger partial charge in [-0.25, -0.2) is 0 Å². The van der Waals surface area contributed by atoms with Crippen LogP contribution in [0.3, 0.4) is 0 Å². The molecule has 4 nitrogen and oxygen atoms in total. The van der Waals surface area contributed by atoms with Crippen LogP contribution in [0.4, 0.5) is 0 Å². The summed E-state index contributed by atoms with van der Waals surface area (Å²) in [6.45, 7) is 0. The van der Waals surface area contributed by atoms with Crippen molar-refractivity contribution in [2.24, 2.45) is 0 Å². The van der Waals surface area contributed by atoms with Crippen molar-refractivity contribution in [3.05, 3.63) is 108 Å². The van der Waals surface area contributed by atoms with Gasteiger partial charge >= 0.3 is 0 Å². The van der Waals surface area contributed by atoms with E-state index in [1.807, 2.05) is 84.9 Å². The van der Waals surface area contributed by atoms with Crippen molar-refractivity contribution in [2.75, 3.05) is 0 Å². The zero-order valence-electron chi connectivity index (χ0n) is 15.1. The fraction of sp³-hybridized carbons (Fsp3) is 0.0833. The van der Waals surface area contributed by atoms with Gasteiger partial charge in [0, 0.05) is 22.7 Å². The number of pyridine rings is 1. The van der Waals surface area contributed by atoms with Crippen LogP contribution in [-0.2, 0) is 4.79 Å². The number of hydrogen-bond acceptors (Lipinski definition) is 3. The van der Waals surface area contributed by atoms with E-state index in [-0.39, 0.29) is 6.04 Å². The third kappa shape index (κ3) is 2.62. The molecule has 2 atom stereocenters. The summed E-state index contributed by atoms with van der Waals surface area (Å²) in [6.07, 6.45) is 2.12. The molecule has 0 N–H and O–H groups in total. The topological polar surface area (TPSA) is 42.4 Å². The van der Waals surface area contributed by atoms with Crippen molar-refractivity contribution in [1.82, 2.24) is 9.88 Å². The van der Waals surface area contributed by atoms with Gasteiger partial charge in [0.25, 0.3) is 0 Å². The van der Waals surface area contributed by atoms with E-state index < -0.39 is 6.23 Å². The zero-order valence-corrected chi connectivity index (χ0v) is 15.1. The van der Waals surface area contributed by atoms with E-state index in [1.165, 1.54) is 0 Å². The van der Waals surface area contributed by atoms with Crippen LogP contribution in [0.25, 0.3) is 10.9 Å². The fourth-order valence-electron chi connectivity index (χ4n) is 3.90. The minimum atomic E-state index is -0.524. The minimum absolute atomic E-state index is 0.251. The Bertz CT molecular complexity index is 1130. The van der Waals surface area contributed by atoms with E-state index in [1.54, 1.807) is 11.1 Å². The molecule has 0 saturated heterocycles. The van der Waals surface area contributed by atoms with Gasteiger partial charge in [0.15, 0.2) is 5.75 Å². The van der Waals surface area contributed by atoms with Crippen molar-refractivity contribution in [3.63, 3.8) is 0 Å². The summed E-state index contributed by atoms with van der Waals surface area (Å²) in [6, 6.07) is 27.6. The van der Waals surface area contributed by atoms with Gasteiger partial charge in [0.05, 0.1) is 6.04 Å². The van der Waals surface area contributed by atoms with Crippen LogP contribution in [0.1, 0.15) is 29.0 Å². The van der Waals surface area contributed by atoms with Gasteiger partial charge in [0.2, 0.25) is 12.6 Å². The van der Waals surface area contributed by atoms with Crippen LogP contribution >= 0.6 is 0 Å². The molecule has 3 aromatic carbocycles. The number of nitrogens with zero attached hydrogens (tertiary/aromatic N) is 2. The Morgan fingerprint density at radius 3 is 2.25 bits per heavy atom. The van der Waals surface area contributed by atoms with Crippen molar-refractivity contribution >= 4 is 17.3 Å². The molecule has 1 aliphatic rings. The molecule has 4 heteroatoms. The molecular formula is C24H18N2O2. The van der Waals surface area contributed by atoms with E-state index >= 15 is 0 Å². The first-order valence-corrected chi connectivity index (χ1v) is 9.24. The lowest BCUT2D eigenvalue weighted by molar-refractivity contribution is -0.131. The predicted octanol–water partition coefficient (Wildman–Crippen LogP) is 4.87. The normalized spacial score (nSPS) is 18.4. The van der Waals surface area contributed by atoms with Crippen LogP contribution < -0.4 is 4.74 Å². The standard InChI is InChI=1S/C24H18N2O2/c27-16-26-22(18-8-3-1-4-9-18)20-14-13-17-12-7-15-25-21(17)23(20)28-24(26)19-10-5-2-6-11-19/h1-16,22,24H/t22-,24-/m0/s1. The van der Waals surface area contributed by atoms with Gasteiger partial charge in [0.1, 0.15) is 5.52 Å². The monoisotopic (exact) mass is 366 g/mol. The molecule has 4 aromatic rings. The summed E-state index contributed by atoms with van der Waals surface area (Å²) in [5.41, 5.74) is 3.72. The van der Waals surface area contributed by atoms with Crippen LogP contribution in [0.5, 0.6) is 5.75 Å².